The Morgan fingerprint density at radius 3 is 2.33 bits per heavy atom. The summed E-state index contributed by atoms with van der Waals surface area (Å²) in [5.74, 6) is -0.172. The molecular formula is C29H29Cl2N5O3. The summed E-state index contributed by atoms with van der Waals surface area (Å²) in [7, 11) is 0. The Balaban J connectivity index is 1.20. The van der Waals surface area contributed by atoms with Gasteiger partial charge >= 0.3 is 6.01 Å². The summed E-state index contributed by atoms with van der Waals surface area (Å²) in [6.45, 7) is 7.54. The molecule has 5 rings (SSSR count). The number of para-hydroxylation sites is 2. The van der Waals surface area contributed by atoms with Crippen molar-refractivity contribution in [3.05, 3.63) is 88.0 Å². The molecule has 1 aliphatic rings. The Kier molecular flexibility index (Phi) is 8.66. The van der Waals surface area contributed by atoms with Gasteiger partial charge in [0.1, 0.15) is 12.3 Å². The highest BCUT2D eigenvalue weighted by atomic mass is 35.5. The lowest BCUT2D eigenvalue weighted by Gasteiger charge is -2.34. The lowest BCUT2D eigenvalue weighted by Crippen LogP contribution is -2.37. The largest absolute Gasteiger partial charge is 0.505 e. The maximum atomic E-state index is 9.74. The minimum absolute atomic E-state index is 0.131. The molecule has 1 saturated heterocycles. The van der Waals surface area contributed by atoms with Crippen molar-refractivity contribution in [1.82, 2.24) is 15.2 Å². The molecule has 0 unspecified atom stereocenters. The van der Waals surface area contributed by atoms with Crippen LogP contribution < -0.4 is 14.5 Å². The summed E-state index contributed by atoms with van der Waals surface area (Å²) < 4.78 is 11.3. The summed E-state index contributed by atoms with van der Waals surface area (Å²) in [5.41, 5.74) is 5.76. The van der Waals surface area contributed by atoms with Crippen molar-refractivity contribution in [3.8, 4) is 23.0 Å². The van der Waals surface area contributed by atoms with Gasteiger partial charge in [-0.1, -0.05) is 64.7 Å². The number of rotatable bonds is 9. The van der Waals surface area contributed by atoms with E-state index in [1.165, 1.54) is 23.1 Å². The van der Waals surface area contributed by atoms with Crippen LogP contribution in [-0.4, -0.2) is 53.1 Å². The molecular weight excluding hydrogens is 537 g/mol. The quantitative estimate of drug-likeness (QED) is 0.265. The SMILES string of the molecule is CCN(Cc1ccc(COc2ncc(-c3cc(Cl)c(O)c(Cl)c3)nn2)cc1)c1ccccc1N1CCOCC1. The zero-order chi connectivity index (χ0) is 27.2. The molecule has 0 amide bonds. The Morgan fingerprint density at radius 2 is 1.67 bits per heavy atom. The van der Waals surface area contributed by atoms with Crippen LogP contribution in [0.2, 0.25) is 10.0 Å². The van der Waals surface area contributed by atoms with Gasteiger partial charge in [-0.25, -0.2) is 4.98 Å². The molecule has 0 spiro atoms. The van der Waals surface area contributed by atoms with Crippen molar-refractivity contribution in [2.24, 2.45) is 0 Å². The first kappa shape index (κ1) is 27.0. The van der Waals surface area contributed by atoms with Crippen LogP contribution in [0.5, 0.6) is 11.8 Å². The number of halogens is 2. The lowest BCUT2D eigenvalue weighted by molar-refractivity contribution is 0.122. The van der Waals surface area contributed by atoms with Gasteiger partial charge in [-0.15, -0.1) is 5.10 Å². The fraction of sp³-hybridized carbons (Fsp3) is 0.276. The highest BCUT2D eigenvalue weighted by Gasteiger charge is 2.18. The van der Waals surface area contributed by atoms with Crippen molar-refractivity contribution >= 4 is 34.6 Å². The molecule has 1 aliphatic heterocycles. The van der Waals surface area contributed by atoms with E-state index >= 15 is 0 Å². The highest BCUT2D eigenvalue weighted by molar-refractivity contribution is 6.37. The van der Waals surface area contributed by atoms with Gasteiger partial charge in [-0.3, -0.25) is 0 Å². The molecule has 3 aromatic carbocycles. The molecule has 10 heteroatoms. The monoisotopic (exact) mass is 565 g/mol. The van der Waals surface area contributed by atoms with Gasteiger partial charge < -0.3 is 24.4 Å². The normalized spacial score (nSPS) is 13.4. The van der Waals surface area contributed by atoms with E-state index in [1.807, 2.05) is 0 Å². The van der Waals surface area contributed by atoms with E-state index in [1.54, 1.807) is 12.1 Å². The summed E-state index contributed by atoms with van der Waals surface area (Å²) in [6.07, 6.45) is 1.53. The zero-order valence-corrected chi connectivity index (χ0v) is 23.1. The average molecular weight is 566 g/mol. The Morgan fingerprint density at radius 1 is 0.974 bits per heavy atom. The number of phenols is 1. The van der Waals surface area contributed by atoms with Crippen molar-refractivity contribution < 1.29 is 14.6 Å². The van der Waals surface area contributed by atoms with E-state index in [9.17, 15) is 5.11 Å². The van der Waals surface area contributed by atoms with E-state index in [4.69, 9.17) is 32.7 Å². The minimum atomic E-state index is -0.172. The summed E-state index contributed by atoms with van der Waals surface area (Å²) in [4.78, 5) is 9.04. The zero-order valence-electron chi connectivity index (χ0n) is 21.6. The smallest absolute Gasteiger partial charge is 0.336 e. The molecule has 1 N–H and O–H groups in total. The molecule has 39 heavy (non-hydrogen) atoms. The van der Waals surface area contributed by atoms with Gasteiger partial charge in [0.2, 0.25) is 0 Å². The maximum absolute atomic E-state index is 9.74. The molecule has 0 radical (unpaired) electrons. The number of hydrogen-bond donors (Lipinski definition) is 1. The number of anilines is 2. The molecule has 0 aliphatic carbocycles. The van der Waals surface area contributed by atoms with E-state index in [-0.39, 0.29) is 21.8 Å². The Labute approximate surface area is 237 Å². The fourth-order valence-corrected chi connectivity index (χ4v) is 4.94. The molecule has 1 fully saturated rings. The van der Waals surface area contributed by atoms with Crippen LogP contribution in [0.3, 0.4) is 0 Å². The average Bonchev–Trinajstić information content (AvgIpc) is 2.98. The molecule has 0 bridgehead atoms. The van der Waals surface area contributed by atoms with Gasteiger partial charge in [0.15, 0.2) is 5.75 Å². The molecule has 0 saturated carbocycles. The highest BCUT2D eigenvalue weighted by Crippen LogP contribution is 2.36. The summed E-state index contributed by atoms with van der Waals surface area (Å²) in [5, 5.41) is 18.2. The first-order chi connectivity index (χ1) is 19.0. The van der Waals surface area contributed by atoms with Crippen LogP contribution in [0.4, 0.5) is 11.4 Å². The Bertz CT molecular complexity index is 1370. The number of hydrogen-bond acceptors (Lipinski definition) is 8. The van der Waals surface area contributed by atoms with E-state index in [0.29, 0.717) is 17.9 Å². The van der Waals surface area contributed by atoms with Gasteiger partial charge in [0.05, 0.1) is 40.8 Å². The molecule has 202 valence electrons. The van der Waals surface area contributed by atoms with Crippen LogP contribution in [-0.2, 0) is 17.9 Å². The minimum Gasteiger partial charge on any atom is -0.505 e. The lowest BCUT2D eigenvalue weighted by atomic mass is 10.1. The number of ether oxygens (including phenoxy) is 2. The first-order valence-corrected chi connectivity index (χ1v) is 13.5. The van der Waals surface area contributed by atoms with Crippen LogP contribution >= 0.6 is 23.2 Å². The third-order valence-electron chi connectivity index (χ3n) is 6.57. The Hall–Kier alpha value is -3.59. The number of benzene rings is 3. The third kappa shape index (κ3) is 6.53. The molecule has 4 aromatic rings. The third-order valence-corrected chi connectivity index (χ3v) is 7.15. The van der Waals surface area contributed by atoms with Crippen LogP contribution in [0.25, 0.3) is 11.3 Å². The van der Waals surface area contributed by atoms with Crippen LogP contribution in [0.15, 0.2) is 66.9 Å². The predicted octanol–water partition coefficient (Wildman–Crippen LogP) is 5.99. The fourth-order valence-electron chi connectivity index (χ4n) is 4.46. The number of nitrogens with zero attached hydrogens (tertiary/aromatic N) is 5. The summed E-state index contributed by atoms with van der Waals surface area (Å²) in [6, 6.07) is 20.2. The van der Waals surface area contributed by atoms with Gasteiger partial charge in [-0.2, -0.15) is 0 Å². The van der Waals surface area contributed by atoms with Gasteiger partial charge in [0.25, 0.3) is 0 Å². The second-order valence-corrected chi connectivity index (χ2v) is 9.94. The molecule has 1 aromatic heterocycles. The standard InChI is InChI=1S/C29H29Cl2N5O3/c1-2-35(26-5-3-4-6-27(26)36-11-13-38-14-12-36)18-20-7-9-21(10-8-20)19-39-29-32-17-25(33-34-29)22-15-23(30)28(37)24(31)16-22/h3-10,15-17,37H,2,11-14,18-19H2,1H3. The van der Waals surface area contributed by atoms with Gasteiger partial charge in [0, 0.05) is 31.7 Å². The van der Waals surface area contributed by atoms with E-state index in [2.05, 4.69) is 80.4 Å². The van der Waals surface area contributed by atoms with E-state index < -0.39 is 0 Å². The van der Waals surface area contributed by atoms with Crippen molar-refractivity contribution in [2.45, 2.75) is 20.1 Å². The molecule has 0 atom stereocenters. The number of aromatic nitrogens is 3. The van der Waals surface area contributed by atoms with Crippen molar-refractivity contribution in [3.63, 3.8) is 0 Å². The van der Waals surface area contributed by atoms with Crippen molar-refractivity contribution in [2.75, 3.05) is 42.6 Å². The number of aromatic hydroxyl groups is 1. The summed E-state index contributed by atoms with van der Waals surface area (Å²) >= 11 is 12.0. The first-order valence-electron chi connectivity index (χ1n) is 12.8. The number of morpholine rings is 1. The second-order valence-electron chi connectivity index (χ2n) is 9.12. The number of phenolic OH excluding ortho intramolecular Hbond substituents is 1. The van der Waals surface area contributed by atoms with Crippen molar-refractivity contribution in [1.29, 1.82) is 0 Å². The maximum Gasteiger partial charge on any atom is 0.336 e. The predicted molar refractivity (Wildman–Crippen MR) is 154 cm³/mol. The van der Waals surface area contributed by atoms with Crippen LogP contribution in [0.1, 0.15) is 18.1 Å². The van der Waals surface area contributed by atoms with E-state index in [0.717, 1.165) is 45.0 Å². The second kappa shape index (κ2) is 12.5. The van der Waals surface area contributed by atoms with Gasteiger partial charge in [-0.05, 0) is 42.3 Å². The molecule has 8 nitrogen and oxygen atoms in total. The molecule has 2 heterocycles. The van der Waals surface area contributed by atoms with Crippen LogP contribution in [0, 0.1) is 0 Å². The topological polar surface area (TPSA) is 83.8 Å².